The highest BCUT2D eigenvalue weighted by molar-refractivity contribution is 5.79. The monoisotopic (exact) mass is 429 g/mol. The molecular weight excluding hydrogens is 402 g/mol. The molecule has 1 aliphatic heterocycles. The molecule has 0 amide bonds. The van der Waals surface area contributed by atoms with Gasteiger partial charge in [-0.1, -0.05) is 0 Å². The number of aliphatic hydroxyl groups excluding tert-OH is 1. The van der Waals surface area contributed by atoms with E-state index in [9.17, 15) is 20.2 Å². The van der Waals surface area contributed by atoms with E-state index in [1.807, 2.05) is 0 Å². The molecule has 31 heavy (non-hydrogen) atoms. The Balaban J connectivity index is 0.00000166. The average molecular weight is 429 g/mol. The van der Waals surface area contributed by atoms with Crippen molar-refractivity contribution >= 4 is 17.6 Å². The fourth-order valence-corrected chi connectivity index (χ4v) is 3.34. The number of hydrogen-bond donors (Lipinski definition) is 2. The third kappa shape index (κ3) is 7.21. The van der Waals surface area contributed by atoms with Crippen LogP contribution in [0, 0.1) is 20.2 Å². The lowest BCUT2D eigenvalue weighted by atomic mass is 10.1. The normalized spacial score (nSPS) is 16.5. The largest absolute Gasteiger partial charge is 0.400 e. The van der Waals surface area contributed by atoms with Gasteiger partial charge < -0.3 is 5.11 Å². The Hall–Kier alpha value is -3.21. The molecule has 1 heterocycles. The predicted octanol–water partition coefficient (Wildman–Crippen LogP) is 2.91. The first kappa shape index (κ1) is 24.1. The van der Waals surface area contributed by atoms with Crippen molar-refractivity contribution in [2.24, 2.45) is 4.99 Å². The Kier molecular flexibility index (Phi) is 9.69. The fraction of sp³-hybridized carbons (Fsp3) is 0.381. The van der Waals surface area contributed by atoms with Gasteiger partial charge in [0.1, 0.15) is 0 Å². The van der Waals surface area contributed by atoms with E-state index < -0.39 is 9.85 Å². The van der Waals surface area contributed by atoms with Crippen molar-refractivity contribution in [2.45, 2.75) is 19.0 Å². The van der Waals surface area contributed by atoms with Crippen molar-refractivity contribution in [1.82, 2.24) is 10.2 Å². The number of hydrogen-bond acceptors (Lipinski definition) is 8. The number of benzene rings is 2. The van der Waals surface area contributed by atoms with Gasteiger partial charge in [-0.2, -0.15) is 0 Å². The standard InChI is InChI=1S/C20H23N5O4.CH4O/c26-24(27)18-7-3-16(4-8-18)15-21-11-1-13-23-14-2-12-22-20(23)17-5-9-19(10-6-17)25(28)29;1-2/h3-10,15,20,22H,1-2,11-14H2;2H,1H3/t20-;/m1./s1. The lowest BCUT2D eigenvalue weighted by Crippen LogP contribution is -2.45. The summed E-state index contributed by atoms with van der Waals surface area (Å²) in [5, 5.41) is 32.0. The number of non-ortho nitro benzene ring substituents is 2. The molecule has 2 aromatic carbocycles. The molecule has 0 bridgehead atoms. The van der Waals surface area contributed by atoms with E-state index in [0.29, 0.717) is 6.54 Å². The van der Waals surface area contributed by atoms with Crippen molar-refractivity contribution in [3.05, 3.63) is 79.9 Å². The van der Waals surface area contributed by atoms with Crippen molar-refractivity contribution in [1.29, 1.82) is 0 Å². The van der Waals surface area contributed by atoms with Crippen LogP contribution >= 0.6 is 0 Å². The lowest BCUT2D eigenvalue weighted by molar-refractivity contribution is -0.385. The summed E-state index contributed by atoms with van der Waals surface area (Å²) in [6, 6.07) is 13.0. The zero-order valence-electron chi connectivity index (χ0n) is 17.4. The zero-order valence-corrected chi connectivity index (χ0v) is 17.4. The molecule has 0 unspecified atom stereocenters. The third-order valence-corrected chi connectivity index (χ3v) is 4.82. The highest BCUT2D eigenvalue weighted by Crippen LogP contribution is 2.23. The van der Waals surface area contributed by atoms with Gasteiger partial charge in [0.05, 0.1) is 16.0 Å². The second kappa shape index (κ2) is 12.5. The first-order valence-electron chi connectivity index (χ1n) is 9.95. The van der Waals surface area contributed by atoms with E-state index in [0.717, 1.165) is 50.7 Å². The van der Waals surface area contributed by atoms with E-state index in [4.69, 9.17) is 5.11 Å². The Morgan fingerprint density at radius 1 is 1.06 bits per heavy atom. The van der Waals surface area contributed by atoms with Crippen molar-refractivity contribution < 1.29 is 15.0 Å². The minimum absolute atomic E-state index is 0.0446. The predicted molar refractivity (Wildman–Crippen MR) is 118 cm³/mol. The number of nitro benzene ring substituents is 2. The van der Waals surface area contributed by atoms with Gasteiger partial charge >= 0.3 is 0 Å². The van der Waals surface area contributed by atoms with Gasteiger partial charge in [-0.15, -0.1) is 0 Å². The molecule has 166 valence electrons. The summed E-state index contributed by atoms with van der Waals surface area (Å²) in [7, 11) is 1.00. The van der Waals surface area contributed by atoms with E-state index in [1.54, 1.807) is 30.5 Å². The number of rotatable bonds is 8. The molecule has 1 atom stereocenters. The number of nitrogens with zero attached hydrogens (tertiary/aromatic N) is 4. The number of nitro groups is 2. The molecule has 2 N–H and O–H groups in total. The van der Waals surface area contributed by atoms with Crippen LogP contribution in [-0.2, 0) is 0 Å². The maximum Gasteiger partial charge on any atom is 0.269 e. The first-order chi connectivity index (χ1) is 15.0. The van der Waals surface area contributed by atoms with Crippen LogP contribution in [0.5, 0.6) is 0 Å². The van der Waals surface area contributed by atoms with Gasteiger partial charge in [0, 0.05) is 57.2 Å². The van der Waals surface area contributed by atoms with Crippen molar-refractivity contribution in [2.75, 3.05) is 33.3 Å². The second-order valence-corrected chi connectivity index (χ2v) is 6.83. The minimum Gasteiger partial charge on any atom is -0.400 e. The van der Waals surface area contributed by atoms with Crippen LogP contribution in [0.3, 0.4) is 0 Å². The van der Waals surface area contributed by atoms with Crippen LogP contribution < -0.4 is 5.32 Å². The lowest BCUT2D eigenvalue weighted by Gasteiger charge is -2.36. The molecule has 10 heteroatoms. The molecule has 1 fully saturated rings. The van der Waals surface area contributed by atoms with Gasteiger partial charge in [0.15, 0.2) is 0 Å². The first-order valence-corrected chi connectivity index (χ1v) is 9.95. The number of aliphatic imine (C=N–C) groups is 1. The van der Waals surface area contributed by atoms with Crippen LogP contribution in [0.2, 0.25) is 0 Å². The van der Waals surface area contributed by atoms with E-state index in [1.165, 1.54) is 24.3 Å². The summed E-state index contributed by atoms with van der Waals surface area (Å²) in [6.45, 7) is 3.38. The van der Waals surface area contributed by atoms with Gasteiger partial charge in [0.2, 0.25) is 0 Å². The van der Waals surface area contributed by atoms with Crippen LogP contribution in [0.25, 0.3) is 0 Å². The van der Waals surface area contributed by atoms with Gasteiger partial charge in [0.25, 0.3) is 11.4 Å². The smallest absolute Gasteiger partial charge is 0.269 e. The number of nitrogens with one attached hydrogen (secondary N) is 1. The Labute approximate surface area is 180 Å². The van der Waals surface area contributed by atoms with Crippen LogP contribution in [0.15, 0.2) is 53.5 Å². The molecule has 10 nitrogen and oxygen atoms in total. The van der Waals surface area contributed by atoms with Crippen LogP contribution in [0.1, 0.15) is 30.1 Å². The van der Waals surface area contributed by atoms with Gasteiger partial charge in [-0.05, 0) is 54.8 Å². The molecule has 0 spiro atoms. The molecule has 1 aliphatic rings. The molecule has 0 saturated carbocycles. The van der Waals surface area contributed by atoms with E-state index >= 15 is 0 Å². The summed E-state index contributed by atoms with van der Waals surface area (Å²) in [4.78, 5) is 27.4. The molecule has 0 radical (unpaired) electrons. The van der Waals surface area contributed by atoms with Crippen LogP contribution in [0.4, 0.5) is 11.4 Å². The third-order valence-electron chi connectivity index (χ3n) is 4.82. The number of aliphatic hydroxyl groups is 1. The van der Waals surface area contributed by atoms with Crippen LogP contribution in [-0.4, -0.2) is 59.4 Å². The molecule has 3 rings (SSSR count). The summed E-state index contributed by atoms with van der Waals surface area (Å²) in [5.74, 6) is 0. The fourth-order valence-electron chi connectivity index (χ4n) is 3.34. The molecule has 0 aliphatic carbocycles. The minimum atomic E-state index is -0.422. The Morgan fingerprint density at radius 3 is 2.23 bits per heavy atom. The molecule has 0 aromatic heterocycles. The molecule has 2 aromatic rings. The van der Waals surface area contributed by atoms with Gasteiger partial charge in [-0.3, -0.25) is 35.4 Å². The summed E-state index contributed by atoms with van der Waals surface area (Å²) < 4.78 is 0. The Morgan fingerprint density at radius 2 is 1.65 bits per heavy atom. The van der Waals surface area contributed by atoms with Gasteiger partial charge in [-0.25, -0.2) is 0 Å². The second-order valence-electron chi connectivity index (χ2n) is 6.83. The van der Waals surface area contributed by atoms with E-state index in [-0.39, 0.29) is 17.5 Å². The SMILES string of the molecule is CO.O=[N+]([O-])c1ccc(C=NCCCN2CCCN[C@H]2c2ccc([N+](=O)[O-])cc2)cc1. The summed E-state index contributed by atoms with van der Waals surface area (Å²) in [5.41, 5.74) is 2.01. The summed E-state index contributed by atoms with van der Waals surface area (Å²) >= 11 is 0. The maximum atomic E-state index is 10.8. The van der Waals surface area contributed by atoms with Crippen molar-refractivity contribution in [3.63, 3.8) is 0 Å². The molecule has 1 saturated heterocycles. The average Bonchev–Trinajstić information content (AvgIpc) is 2.81. The van der Waals surface area contributed by atoms with E-state index in [2.05, 4.69) is 15.2 Å². The Bertz CT molecular complexity index is 871. The highest BCUT2D eigenvalue weighted by Gasteiger charge is 2.23. The zero-order chi connectivity index (χ0) is 22.6. The maximum absolute atomic E-state index is 10.8. The molecular formula is C21H27N5O5. The topological polar surface area (TPSA) is 134 Å². The highest BCUT2D eigenvalue weighted by atomic mass is 16.6. The van der Waals surface area contributed by atoms with Crippen molar-refractivity contribution in [3.8, 4) is 0 Å². The quantitative estimate of drug-likeness (QED) is 0.285. The summed E-state index contributed by atoms with van der Waals surface area (Å²) in [6.07, 6.45) is 3.69.